The number of nitrogens with zero attached hydrogens (tertiary/aromatic N) is 4. The number of hydrogen-bond acceptors (Lipinski definition) is 6. The molecule has 0 unspecified atom stereocenters. The van der Waals surface area contributed by atoms with Crippen LogP contribution < -0.4 is 20.1 Å². The van der Waals surface area contributed by atoms with Crippen LogP contribution in [0.4, 0.5) is 23.8 Å². The van der Waals surface area contributed by atoms with Crippen molar-refractivity contribution >= 4 is 17.4 Å². The molecule has 0 aliphatic rings. The first-order valence-corrected chi connectivity index (χ1v) is 10.0. The standard InChI is InChI=1S/C22H19F3N6O3/c1-33-20-18(22(23,24)25)10-15(12-28-20)14-4-7-31-16(9-14)11-19(30-31)29-21(32)27-6-8-34-17-3-2-5-26-13-17/h2-5,7,9-13H,6,8H2,1H3,(H2,27,29,30,32). The maximum Gasteiger partial charge on any atom is 0.421 e. The van der Waals surface area contributed by atoms with Crippen molar-refractivity contribution in [1.82, 2.24) is 24.9 Å². The fourth-order valence-corrected chi connectivity index (χ4v) is 3.14. The van der Waals surface area contributed by atoms with Crippen molar-refractivity contribution in [2.24, 2.45) is 0 Å². The molecule has 4 aromatic rings. The molecule has 0 bridgehead atoms. The fourth-order valence-electron chi connectivity index (χ4n) is 3.14. The number of rotatable bonds is 7. The number of aromatic nitrogens is 4. The average molecular weight is 472 g/mol. The minimum atomic E-state index is -4.61. The Kier molecular flexibility index (Phi) is 6.48. The van der Waals surface area contributed by atoms with Gasteiger partial charge in [-0.3, -0.25) is 10.3 Å². The summed E-state index contributed by atoms with van der Waals surface area (Å²) in [5.41, 5.74) is 0.360. The number of alkyl halides is 3. The maximum atomic E-state index is 13.3. The summed E-state index contributed by atoms with van der Waals surface area (Å²) < 4.78 is 51.6. The van der Waals surface area contributed by atoms with Gasteiger partial charge < -0.3 is 14.8 Å². The molecule has 0 radical (unpaired) electrons. The number of carbonyl (C=O) groups excluding carboxylic acids is 1. The van der Waals surface area contributed by atoms with Crippen molar-refractivity contribution in [3.05, 3.63) is 66.7 Å². The molecular formula is C22H19F3N6O3. The van der Waals surface area contributed by atoms with E-state index in [1.54, 1.807) is 48.9 Å². The molecule has 4 heterocycles. The normalized spacial score (nSPS) is 11.3. The summed E-state index contributed by atoms with van der Waals surface area (Å²) >= 11 is 0. The van der Waals surface area contributed by atoms with Crippen molar-refractivity contribution in [2.75, 3.05) is 25.6 Å². The molecule has 0 aliphatic carbocycles. The van der Waals surface area contributed by atoms with E-state index in [1.807, 2.05) is 0 Å². The van der Waals surface area contributed by atoms with Crippen molar-refractivity contribution in [3.63, 3.8) is 0 Å². The molecule has 0 spiro atoms. The number of nitrogens with one attached hydrogen (secondary N) is 2. The molecule has 2 N–H and O–H groups in total. The molecular weight excluding hydrogens is 453 g/mol. The van der Waals surface area contributed by atoms with Gasteiger partial charge in [-0.15, -0.1) is 5.10 Å². The van der Waals surface area contributed by atoms with E-state index in [4.69, 9.17) is 9.47 Å². The van der Waals surface area contributed by atoms with Gasteiger partial charge >= 0.3 is 12.2 Å². The first-order valence-electron chi connectivity index (χ1n) is 10.0. The van der Waals surface area contributed by atoms with Gasteiger partial charge in [0.25, 0.3) is 0 Å². The zero-order valence-electron chi connectivity index (χ0n) is 17.8. The van der Waals surface area contributed by atoms with Crippen LogP contribution >= 0.6 is 0 Å². The quantitative estimate of drug-likeness (QED) is 0.394. The van der Waals surface area contributed by atoms with Gasteiger partial charge in [0.1, 0.15) is 17.9 Å². The molecule has 0 atom stereocenters. The Morgan fingerprint density at radius 3 is 2.74 bits per heavy atom. The minimum absolute atomic E-state index is 0.253. The lowest BCUT2D eigenvalue weighted by Crippen LogP contribution is -2.32. The molecule has 0 aromatic carbocycles. The van der Waals surface area contributed by atoms with Crippen LogP contribution in [-0.4, -0.2) is 45.9 Å². The smallest absolute Gasteiger partial charge is 0.421 e. The van der Waals surface area contributed by atoms with E-state index in [0.29, 0.717) is 16.8 Å². The number of hydrogen-bond donors (Lipinski definition) is 2. The Hall–Kier alpha value is -4.35. The molecule has 4 aromatic heterocycles. The number of anilines is 1. The van der Waals surface area contributed by atoms with Crippen molar-refractivity contribution in [1.29, 1.82) is 0 Å². The summed E-state index contributed by atoms with van der Waals surface area (Å²) in [7, 11) is 1.13. The highest BCUT2D eigenvalue weighted by Gasteiger charge is 2.35. The lowest BCUT2D eigenvalue weighted by atomic mass is 10.1. The largest absolute Gasteiger partial charge is 0.490 e. The number of carbonyl (C=O) groups is 1. The van der Waals surface area contributed by atoms with Gasteiger partial charge in [0.2, 0.25) is 5.88 Å². The first kappa shape index (κ1) is 22.8. The third kappa shape index (κ3) is 5.34. The zero-order chi connectivity index (χ0) is 24.1. The SMILES string of the molecule is COc1ncc(-c2ccn3nc(NC(=O)NCCOc4cccnc4)cc3c2)cc1C(F)(F)F. The second-order valence-electron chi connectivity index (χ2n) is 7.01. The highest BCUT2D eigenvalue weighted by molar-refractivity contribution is 5.89. The van der Waals surface area contributed by atoms with Crippen LogP contribution in [0.5, 0.6) is 11.6 Å². The van der Waals surface area contributed by atoms with Gasteiger partial charge in [-0.2, -0.15) is 13.2 Å². The topological polar surface area (TPSA) is 103 Å². The van der Waals surface area contributed by atoms with E-state index in [1.165, 1.54) is 10.7 Å². The van der Waals surface area contributed by atoms with Gasteiger partial charge in [-0.1, -0.05) is 0 Å². The third-order valence-corrected chi connectivity index (χ3v) is 4.68. The lowest BCUT2D eigenvalue weighted by molar-refractivity contribution is -0.139. The molecule has 176 valence electrons. The molecule has 12 heteroatoms. The summed E-state index contributed by atoms with van der Waals surface area (Å²) in [4.78, 5) is 19.8. The van der Waals surface area contributed by atoms with E-state index < -0.39 is 23.7 Å². The van der Waals surface area contributed by atoms with Gasteiger partial charge in [-0.25, -0.2) is 14.3 Å². The Morgan fingerprint density at radius 2 is 2.00 bits per heavy atom. The second-order valence-corrected chi connectivity index (χ2v) is 7.01. The monoisotopic (exact) mass is 472 g/mol. The summed E-state index contributed by atoms with van der Waals surface area (Å²) in [5, 5.41) is 9.49. The highest BCUT2D eigenvalue weighted by Crippen LogP contribution is 2.37. The molecule has 0 saturated heterocycles. The van der Waals surface area contributed by atoms with E-state index >= 15 is 0 Å². The van der Waals surface area contributed by atoms with E-state index in [-0.39, 0.29) is 24.5 Å². The Bertz CT molecular complexity index is 1290. The predicted molar refractivity (Wildman–Crippen MR) is 117 cm³/mol. The van der Waals surface area contributed by atoms with Crippen LogP contribution in [0.3, 0.4) is 0 Å². The molecule has 0 aliphatic heterocycles. The van der Waals surface area contributed by atoms with Crippen molar-refractivity contribution in [3.8, 4) is 22.8 Å². The number of urea groups is 1. The highest BCUT2D eigenvalue weighted by atomic mass is 19.4. The van der Waals surface area contributed by atoms with Crippen molar-refractivity contribution < 1.29 is 27.4 Å². The van der Waals surface area contributed by atoms with Crippen LogP contribution in [0.2, 0.25) is 0 Å². The first-order chi connectivity index (χ1) is 16.3. The fraction of sp³-hybridized carbons (Fsp3) is 0.182. The van der Waals surface area contributed by atoms with Crippen LogP contribution in [0.15, 0.2) is 61.2 Å². The van der Waals surface area contributed by atoms with E-state index in [2.05, 4.69) is 25.7 Å². The van der Waals surface area contributed by atoms with Gasteiger partial charge in [0, 0.05) is 30.2 Å². The summed E-state index contributed by atoms with van der Waals surface area (Å²) in [6.07, 6.45) is 1.47. The number of methoxy groups -OCH3 is 1. The number of ether oxygens (including phenoxy) is 2. The number of fused-ring (bicyclic) bond motifs is 1. The second kappa shape index (κ2) is 9.65. The summed E-state index contributed by atoms with van der Waals surface area (Å²) in [6, 6.07) is 8.83. The van der Waals surface area contributed by atoms with Gasteiger partial charge in [0.05, 0.1) is 25.4 Å². The van der Waals surface area contributed by atoms with Crippen LogP contribution in [0, 0.1) is 0 Å². The van der Waals surface area contributed by atoms with Crippen LogP contribution in [-0.2, 0) is 6.18 Å². The van der Waals surface area contributed by atoms with Crippen LogP contribution in [0.25, 0.3) is 16.6 Å². The van der Waals surface area contributed by atoms with Gasteiger partial charge in [0.15, 0.2) is 5.82 Å². The van der Waals surface area contributed by atoms with Gasteiger partial charge in [-0.05, 0) is 35.9 Å². The molecule has 34 heavy (non-hydrogen) atoms. The van der Waals surface area contributed by atoms with Crippen molar-refractivity contribution in [2.45, 2.75) is 6.18 Å². The molecule has 9 nitrogen and oxygen atoms in total. The Labute approximate surface area is 191 Å². The minimum Gasteiger partial charge on any atom is -0.490 e. The lowest BCUT2D eigenvalue weighted by Gasteiger charge is -2.12. The number of amides is 2. The third-order valence-electron chi connectivity index (χ3n) is 4.68. The zero-order valence-corrected chi connectivity index (χ0v) is 17.8. The molecule has 0 fully saturated rings. The molecule has 4 rings (SSSR count). The summed E-state index contributed by atoms with van der Waals surface area (Å²) in [6.45, 7) is 0.508. The maximum absolute atomic E-state index is 13.3. The molecule has 0 saturated carbocycles. The van der Waals surface area contributed by atoms with E-state index in [0.717, 1.165) is 13.2 Å². The van der Waals surface area contributed by atoms with Crippen LogP contribution in [0.1, 0.15) is 5.56 Å². The molecule has 2 amide bonds. The average Bonchev–Trinajstić information content (AvgIpc) is 3.23. The van der Waals surface area contributed by atoms with E-state index in [9.17, 15) is 18.0 Å². The Morgan fingerprint density at radius 1 is 1.15 bits per heavy atom. The summed E-state index contributed by atoms with van der Waals surface area (Å²) in [5.74, 6) is 0.368. The number of halogens is 3. The Balaban J connectivity index is 1.42. The predicted octanol–water partition coefficient (Wildman–Crippen LogP) is 4.02. The number of pyridine rings is 3.